The summed E-state index contributed by atoms with van der Waals surface area (Å²) in [5.74, 6) is 1.49. The van der Waals surface area contributed by atoms with Crippen molar-refractivity contribution < 1.29 is 0 Å². The first kappa shape index (κ1) is 9.28. The summed E-state index contributed by atoms with van der Waals surface area (Å²) in [7, 11) is 0. The monoisotopic (exact) mass is 203 g/mol. The molecule has 3 heteroatoms. The molecule has 2 aliphatic rings. The summed E-state index contributed by atoms with van der Waals surface area (Å²) < 4.78 is 0. The van der Waals surface area contributed by atoms with Crippen LogP contribution in [0.4, 0.5) is 0 Å². The van der Waals surface area contributed by atoms with Crippen LogP contribution in [0.15, 0.2) is 12.4 Å². The molecular formula is C12H17N3. The van der Waals surface area contributed by atoms with E-state index in [0.29, 0.717) is 5.92 Å². The van der Waals surface area contributed by atoms with Gasteiger partial charge in [-0.1, -0.05) is 6.92 Å². The number of hydrogen-bond acceptors (Lipinski definition) is 3. The van der Waals surface area contributed by atoms with Gasteiger partial charge in [0.15, 0.2) is 0 Å². The maximum Gasteiger partial charge on any atom is 0.0636 e. The van der Waals surface area contributed by atoms with Crippen LogP contribution in [0, 0.1) is 5.92 Å². The van der Waals surface area contributed by atoms with E-state index in [1.165, 1.54) is 31.7 Å². The molecule has 3 rings (SSSR count). The minimum atomic E-state index is 0.651. The molecule has 2 fully saturated rings. The van der Waals surface area contributed by atoms with Gasteiger partial charge >= 0.3 is 0 Å². The molecule has 0 N–H and O–H groups in total. The third kappa shape index (κ3) is 1.55. The van der Waals surface area contributed by atoms with Gasteiger partial charge in [0.25, 0.3) is 0 Å². The summed E-state index contributed by atoms with van der Waals surface area (Å²) in [5, 5.41) is 0. The normalized spacial score (nSPS) is 33.5. The SMILES string of the molecule is CCc1cncc([C@H]2CN3CC[C@H]2C3)n1. The van der Waals surface area contributed by atoms with Crippen LogP contribution in [0.2, 0.25) is 0 Å². The third-order valence-corrected chi connectivity index (χ3v) is 3.78. The quantitative estimate of drug-likeness (QED) is 0.728. The van der Waals surface area contributed by atoms with Gasteiger partial charge in [-0.3, -0.25) is 9.97 Å². The Bertz CT molecular complexity index is 364. The summed E-state index contributed by atoms with van der Waals surface area (Å²) >= 11 is 0. The van der Waals surface area contributed by atoms with E-state index in [0.717, 1.165) is 18.0 Å². The van der Waals surface area contributed by atoms with Crippen LogP contribution in [0.25, 0.3) is 0 Å². The van der Waals surface area contributed by atoms with Gasteiger partial charge in [-0.05, 0) is 25.3 Å². The highest BCUT2D eigenvalue weighted by Gasteiger charge is 2.39. The van der Waals surface area contributed by atoms with Crippen molar-refractivity contribution in [2.75, 3.05) is 19.6 Å². The average Bonchev–Trinajstić information content (AvgIpc) is 2.91. The van der Waals surface area contributed by atoms with E-state index in [1.54, 1.807) is 0 Å². The number of hydrogen-bond donors (Lipinski definition) is 0. The van der Waals surface area contributed by atoms with Gasteiger partial charge in [-0.2, -0.15) is 0 Å². The maximum atomic E-state index is 4.70. The zero-order chi connectivity index (χ0) is 10.3. The molecule has 2 saturated heterocycles. The fourth-order valence-corrected chi connectivity index (χ4v) is 2.89. The zero-order valence-electron chi connectivity index (χ0n) is 9.19. The maximum absolute atomic E-state index is 4.70. The lowest BCUT2D eigenvalue weighted by atomic mass is 9.90. The Kier molecular flexibility index (Phi) is 2.20. The first-order valence-corrected chi connectivity index (χ1v) is 5.90. The molecule has 3 nitrogen and oxygen atoms in total. The Morgan fingerprint density at radius 2 is 2.33 bits per heavy atom. The second-order valence-electron chi connectivity index (χ2n) is 4.70. The highest BCUT2D eigenvalue weighted by atomic mass is 15.2. The highest BCUT2D eigenvalue weighted by Crippen LogP contribution is 2.38. The molecule has 0 aromatic carbocycles. The molecule has 80 valence electrons. The second-order valence-corrected chi connectivity index (χ2v) is 4.70. The Balaban J connectivity index is 1.86. The van der Waals surface area contributed by atoms with E-state index in [2.05, 4.69) is 16.8 Å². The lowest BCUT2D eigenvalue weighted by Crippen LogP contribution is -2.23. The zero-order valence-corrected chi connectivity index (χ0v) is 9.19. The minimum Gasteiger partial charge on any atom is -0.302 e. The lowest BCUT2D eigenvalue weighted by molar-refractivity contribution is 0.343. The van der Waals surface area contributed by atoms with Crippen molar-refractivity contribution in [3.8, 4) is 0 Å². The van der Waals surface area contributed by atoms with Crippen LogP contribution in [-0.4, -0.2) is 34.5 Å². The van der Waals surface area contributed by atoms with Crippen LogP contribution in [0.3, 0.4) is 0 Å². The number of aryl methyl sites for hydroxylation is 1. The summed E-state index contributed by atoms with van der Waals surface area (Å²) in [5.41, 5.74) is 2.35. The fraction of sp³-hybridized carbons (Fsp3) is 0.667. The van der Waals surface area contributed by atoms with Crippen molar-refractivity contribution >= 4 is 0 Å². The molecule has 2 aliphatic heterocycles. The Hall–Kier alpha value is -0.960. The van der Waals surface area contributed by atoms with Gasteiger partial charge in [-0.15, -0.1) is 0 Å². The summed E-state index contributed by atoms with van der Waals surface area (Å²) in [4.78, 5) is 11.6. The standard InChI is InChI=1S/C12H17N3/c1-2-10-5-13-6-12(14-10)11-8-15-4-3-9(11)7-15/h5-6,9,11H,2-4,7-8H2,1H3/t9-,11-/m0/s1. The van der Waals surface area contributed by atoms with E-state index in [9.17, 15) is 0 Å². The molecule has 3 heterocycles. The topological polar surface area (TPSA) is 29.0 Å². The van der Waals surface area contributed by atoms with Crippen molar-refractivity contribution in [3.63, 3.8) is 0 Å². The lowest BCUT2D eigenvalue weighted by Gasteiger charge is -2.21. The Labute approximate surface area is 90.5 Å². The first-order chi connectivity index (χ1) is 7.36. The summed E-state index contributed by atoms with van der Waals surface area (Å²) in [6.07, 6.45) is 6.19. The molecular weight excluding hydrogens is 186 g/mol. The average molecular weight is 203 g/mol. The molecule has 0 aliphatic carbocycles. The molecule has 2 bridgehead atoms. The third-order valence-electron chi connectivity index (χ3n) is 3.78. The van der Waals surface area contributed by atoms with Gasteiger partial charge in [0, 0.05) is 31.4 Å². The first-order valence-electron chi connectivity index (χ1n) is 5.90. The second kappa shape index (κ2) is 3.56. The van der Waals surface area contributed by atoms with E-state index in [1.807, 2.05) is 12.4 Å². The summed E-state index contributed by atoms with van der Waals surface area (Å²) in [6.45, 7) is 5.91. The highest BCUT2D eigenvalue weighted by molar-refractivity contribution is 5.14. The largest absolute Gasteiger partial charge is 0.302 e. The van der Waals surface area contributed by atoms with Crippen LogP contribution in [0.1, 0.15) is 30.7 Å². The summed E-state index contributed by atoms with van der Waals surface area (Å²) in [6, 6.07) is 0. The molecule has 0 saturated carbocycles. The van der Waals surface area contributed by atoms with Crippen molar-refractivity contribution in [1.82, 2.24) is 14.9 Å². The Morgan fingerprint density at radius 1 is 1.40 bits per heavy atom. The van der Waals surface area contributed by atoms with Crippen molar-refractivity contribution in [3.05, 3.63) is 23.8 Å². The van der Waals surface area contributed by atoms with Gasteiger partial charge in [0.1, 0.15) is 0 Å². The number of nitrogens with zero attached hydrogens (tertiary/aromatic N) is 3. The molecule has 1 aromatic heterocycles. The van der Waals surface area contributed by atoms with E-state index in [-0.39, 0.29) is 0 Å². The molecule has 0 amide bonds. The number of aromatic nitrogens is 2. The molecule has 1 unspecified atom stereocenters. The smallest absolute Gasteiger partial charge is 0.0636 e. The van der Waals surface area contributed by atoms with Gasteiger partial charge in [0.2, 0.25) is 0 Å². The van der Waals surface area contributed by atoms with Gasteiger partial charge in [0.05, 0.1) is 11.4 Å². The van der Waals surface area contributed by atoms with Gasteiger partial charge < -0.3 is 4.90 Å². The van der Waals surface area contributed by atoms with E-state index >= 15 is 0 Å². The van der Waals surface area contributed by atoms with Crippen molar-refractivity contribution in [1.29, 1.82) is 0 Å². The van der Waals surface area contributed by atoms with Crippen molar-refractivity contribution in [2.24, 2.45) is 5.92 Å². The molecule has 15 heavy (non-hydrogen) atoms. The Morgan fingerprint density at radius 3 is 3.00 bits per heavy atom. The number of piperidine rings is 1. The van der Waals surface area contributed by atoms with E-state index in [4.69, 9.17) is 4.98 Å². The molecule has 3 atom stereocenters. The molecule has 1 aromatic rings. The molecule has 0 radical (unpaired) electrons. The van der Waals surface area contributed by atoms with Crippen LogP contribution < -0.4 is 0 Å². The predicted molar refractivity (Wildman–Crippen MR) is 58.7 cm³/mol. The van der Waals surface area contributed by atoms with Crippen LogP contribution in [-0.2, 0) is 6.42 Å². The van der Waals surface area contributed by atoms with Crippen molar-refractivity contribution in [2.45, 2.75) is 25.7 Å². The van der Waals surface area contributed by atoms with Gasteiger partial charge in [-0.25, -0.2) is 0 Å². The van der Waals surface area contributed by atoms with E-state index < -0.39 is 0 Å². The fourth-order valence-electron chi connectivity index (χ4n) is 2.89. The number of rotatable bonds is 2. The predicted octanol–water partition coefficient (Wildman–Crippen LogP) is 1.46. The van der Waals surface area contributed by atoms with Crippen LogP contribution in [0.5, 0.6) is 0 Å². The van der Waals surface area contributed by atoms with Crippen LogP contribution >= 0.6 is 0 Å². The number of fused-ring (bicyclic) bond motifs is 2. The molecule has 0 spiro atoms. The minimum absolute atomic E-state index is 0.651.